The number of thiophene rings is 1. The van der Waals surface area contributed by atoms with Crippen molar-refractivity contribution in [2.45, 2.75) is 6.42 Å². The molecular weight excluding hydrogens is 266 g/mol. The van der Waals surface area contributed by atoms with E-state index in [1.165, 1.54) is 4.88 Å². The average Bonchev–Trinajstić information content (AvgIpc) is 2.89. The minimum absolute atomic E-state index is 0.716. The summed E-state index contributed by atoms with van der Waals surface area (Å²) in [6.45, 7) is 2.31. The zero-order chi connectivity index (χ0) is 12.6. The first-order valence-corrected chi connectivity index (χ1v) is 7.20. The van der Waals surface area contributed by atoms with Crippen LogP contribution in [0.15, 0.2) is 41.8 Å². The first kappa shape index (κ1) is 13.4. The van der Waals surface area contributed by atoms with E-state index in [0.717, 1.165) is 30.3 Å². The molecule has 2 nitrogen and oxygen atoms in total. The molecule has 2 rings (SSSR count). The standard InChI is InChI=1S/C14H16ClNOS/c15-12-3-5-13(6-4-12)16-8-10-17-9-7-14-2-1-11-18-14/h1-6,11,16H,7-10H2. The molecule has 0 aliphatic heterocycles. The summed E-state index contributed by atoms with van der Waals surface area (Å²) < 4.78 is 5.57. The van der Waals surface area contributed by atoms with E-state index in [-0.39, 0.29) is 0 Å². The highest BCUT2D eigenvalue weighted by atomic mass is 35.5. The molecule has 0 aliphatic rings. The van der Waals surface area contributed by atoms with Crippen molar-refractivity contribution in [1.29, 1.82) is 0 Å². The lowest BCUT2D eigenvalue weighted by atomic mass is 10.3. The number of hydrogen-bond donors (Lipinski definition) is 1. The Morgan fingerprint density at radius 1 is 1.11 bits per heavy atom. The largest absolute Gasteiger partial charge is 0.383 e. The SMILES string of the molecule is Clc1ccc(NCCOCCc2cccs2)cc1. The van der Waals surface area contributed by atoms with Gasteiger partial charge in [-0.3, -0.25) is 0 Å². The first-order valence-electron chi connectivity index (χ1n) is 5.94. The maximum absolute atomic E-state index is 5.81. The van der Waals surface area contributed by atoms with Crippen molar-refractivity contribution in [2.24, 2.45) is 0 Å². The van der Waals surface area contributed by atoms with Gasteiger partial charge in [-0.2, -0.15) is 0 Å². The second-order valence-electron chi connectivity index (χ2n) is 3.88. The molecule has 0 atom stereocenters. The van der Waals surface area contributed by atoms with Gasteiger partial charge in [0.1, 0.15) is 0 Å². The van der Waals surface area contributed by atoms with E-state index in [1.54, 1.807) is 11.3 Å². The van der Waals surface area contributed by atoms with Gasteiger partial charge in [0.2, 0.25) is 0 Å². The Kier molecular flexibility index (Phi) is 5.52. The van der Waals surface area contributed by atoms with E-state index >= 15 is 0 Å². The fraction of sp³-hybridized carbons (Fsp3) is 0.286. The normalized spacial score (nSPS) is 10.5. The molecule has 1 N–H and O–H groups in total. The second-order valence-corrected chi connectivity index (χ2v) is 5.34. The van der Waals surface area contributed by atoms with Crippen LogP contribution in [0.1, 0.15) is 4.88 Å². The molecule has 1 aromatic heterocycles. The topological polar surface area (TPSA) is 21.3 Å². The Hall–Kier alpha value is -1.03. The van der Waals surface area contributed by atoms with Crippen molar-refractivity contribution in [2.75, 3.05) is 25.1 Å². The lowest BCUT2D eigenvalue weighted by Gasteiger charge is -2.07. The maximum atomic E-state index is 5.81. The summed E-state index contributed by atoms with van der Waals surface area (Å²) in [5, 5.41) is 6.14. The Labute approximate surface area is 117 Å². The molecule has 1 aromatic carbocycles. The van der Waals surface area contributed by atoms with Gasteiger partial charge < -0.3 is 10.1 Å². The van der Waals surface area contributed by atoms with E-state index in [0.29, 0.717) is 6.61 Å². The molecule has 4 heteroatoms. The molecule has 18 heavy (non-hydrogen) atoms. The van der Waals surface area contributed by atoms with Crippen molar-refractivity contribution < 1.29 is 4.74 Å². The summed E-state index contributed by atoms with van der Waals surface area (Å²) in [6, 6.07) is 11.9. The quantitative estimate of drug-likeness (QED) is 0.773. The summed E-state index contributed by atoms with van der Waals surface area (Å²) in [6.07, 6.45) is 0.999. The van der Waals surface area contributed by atoms with Gasteiger partial charge in [-0.1, -0.05) is 17.7 Å². The Morgan fingerprint density at radius 2 is 1.94 bits per heavy atom. The predicted molar refractivity (Wildman–Crippen MR) is 78.8 cm³/mol. The molecule has 0 bridgehead atoms. The van der Waals surface area contributed by atoms with Gasteiger partial charge in [-0.15, -0.1) is 11.3 Å². The molecule has 0 saturated carbocycles. The molecule has 0 radical (unpaired) electrons. The lowest BCUT2D eigenvalue weighted by Crippen LogP contribution is -2.10. The van der Waals surface area contributed by atoms with Crippen LogP contribution in [0, 0.1) is 0 Å². The second kappa shape index (κ2) is 7.41. The van der Waals surface area contributed by atoms with Gasteiger partial charge in [0.05, 0.1) is 13.2 Å². The van der Waals surface area contributed by atoms with Crippen molar-refractivity contribution in [3.05, 3.63) is 51.7 Å². The number of nitrogens with one attached hydrogen (secondary N) is 1. The average molecular weight is 282 g/mol. The van der Waals surface area contributed by atoms with E-state index in [4.69, 9.17) is 16.3 Å². The summed E-state index contributed by atoms with van der Waals surface area (Å²) in [7, 11) is 0. The van der Waals surface area contributed by atoms with Crippen LogP contribution in [0.2, 0.25) is 5.02 Å². The van der Waals surface area contributed by atoms with Gasteiger partial charge in [0.15, 0.2) is 0 Å². The summed E-state index contributed by atoms with van der Waals surface area (Å²) in [5.41, 5.74) is 1.07. The summed E-state index contributed by atoms with van der Waals surface area (Å²) >= 11 is 7.59. The number of ether oxygens (including phenoxy) is 1. The van der Waals surface area contributed by atoms with Crippen LogP contribution in [0.25, 0.3) is 0 Å². The number of halogens is 1. The molecule has 2 aromatic rings. The van der Waals surface area contributed by atoms with Gasteiger partial charge >= 0.3 is 0 Å². The molecule has 1 heterocycles. The van der Waals surface area contributed by atoms with Crippen LogP contribution >= 0.6 is 22.9 Å². The molecule has 0 aliphatic carbocycles. The highest BCUT2D eigenvalue weighted by molar-refractivity contribution is 7.09. The monoisotopic (exact) mass is 281 g/mol. The van der Waals surface area contributed by atoms with Gasteiger partial charge in [-0.25, -0.2) is 0 Å². The highest BCUT2D eigenvalue weighted by Crippen LogP contribution is 2.13. The van der Waals surface area contributed by atoms with Gasteiger partial charge in [0, 0.05) is 28.6 Å². The van der Waals surface area contributed by atoms with E-state index < -0.39 is 0 Å². The zero-order valence-electron chi connectivity index (χ0n) is 10.1. The zero-order valence-corrected chi connectivity index (χ0v) is 11.6. The molecule has 0 amide bonds. The summed E-state index contributed by atoms with van der Waals surface area (Å²) in [4.78, 5) is 1.38. The third kappa shape index (κ3) is 4.69. The molecular formula is C14H16ClNOS. The molecule has 96 valence electrons. The van der Waals surface area contributed by atoms with Crippen LogP contribution in [0.4, 0.5) is 5.69 Å². The van der Waals surface area contributed by atoms with E-state index in [9.17, 15) is 0 Å². The van der Waals surface area contributed by atoms with Crippen LogP contribution < -0.4 is 5.32 Å². The fourth-order valence-corrected chi connectivity index (χ4v) is 2.38. The van der Waals surface area contributed by atoms with Gasteiger partial charge in [0.25, 0.3) is 0 Å². The third-order valence-electron chi connectivity index (χ3n) is 2.49. The number of rotatable bonds is 7. The van der Waals surface area contributed by atoms with Crippen molar-refractivity contribution >= 4 is 28.6 Å². The van der Waals surface area contributed by atoms with Crippen LogP contribution in [-0.4, -0.2) is 19.8 Å². The Balaban J connectivity index is 1.55. The van der Waals surface area contributed by atoms with Gasteiger partial charge in [-0.05, 0) is 35.7 Å². The van der Waals surface area contributed by atoms with E-state index in [1.807, 2.05) is 24.3 Å². The lowest BCUT2D eigenvalue weighted by molar-refractivity contribution is 0.147. The molecule has 0 fully saturated rings. The summed E-state index contributed by atoms with van der Waals surface area (Å²) in [5.74, 6) is 0. The first-order chi connectivity index (χ1) is 8.84. The van der Waals surface area contributed by atoms with Crippen LogP contribution in [0.5, 0.6) is 0 Å². The number of hydrogen-bond acceptors (Lipinski definition) is 3. The molecule has 0 spiro atoms. The molecule has 0 unspecified atom stereocenters. The third-order valence-corrected chi connectivity index (χ3v) is 3.68. The number of benzene rings is 1. The van der Waals surface area contributed by atoms with Crippen LogP contribution in [0.3, 0.4) is 0 Å². The van der Waals surface area contributed by atoms with Crippen LogP contribution in [-0.2, 0) is 11.2 Å². The van der Waals surface area contributed by atoms with Crippen molar-refractivity contribution in [3.63, 3.8) is 0 Å². The van der Waals surface area contributed by atoms with E-state index in [2.05, 4.69) is 22.8 Å². The highest BCUT2D eigenvalue weighted by Gasteiger charge is 1.95. The molecule has 0 saturated heterocycles. The smallest absolute Gasteiger partial charge is 0.0639 e. The van der Waals surface area contributed by atoms with Crippen molar-refractivity contribution in [3.8, 4) is 0 Å². The Morgan fingerprint density at radius 3 is 2.67 bits per heavy atom. The fourth-order valence-electron chi connectivity index (χ4n) is 1.56. The maximum Gasteiger partial charge on any atom is 0.0639 e. The predicted octanol–water partition coefficient (Wildman–Crippen LogP) is 4.07. The minimum Gasteiger partial charge on any atom is -0.383 e. The number of anilines is 1. The van der Waals surface area contributed by atoms with Crippen molar-refractivity contribution in [1.82, 2.24) is 0 Å². The minimum atomic E-state index is 0.716. The Bertz CT molecular complexity index is 441.